The van der Waals surface area contributed by atoms with Crippen molar-refractivity contribution in [3.8, 4) is 0 Å². The van der Waals surface area contributed by atoms with E-state index in [0.717, 1.165) is 12.1 Å². The summed E-state index contributed by atoms with van der Waals surface area (Å²) in [6.45, 7) is 4.05. The Kier molecular flexibility index (Phi) is 6.56. The zero-order chi connectivity index (χ0) is 16.7. The van der Waals surface area contributed by atoms with Gasteiger partial charge in [0.1, 0.15) is 5.82 Å². The van der Waals surface area contributed by atoms with E-state index in [9.17, 15) is 9.18 Å². The molecule has 0 radical (unpaired) electrons. The Morgan fingerprint density at radius 3 is 2.70 bits per heavy atom. The molecule has 122 valence electrons. The first kappa shape index (κ1) is 17.4. The zero-order valence-electron chi connectivity index (χ0n) is 13.1. The number of hydrogen-bond acceptors (Lipinski definition) is 2. The molecule has 0 spiro atoms. The van der Waals surface area contributed by atoms with E-state index in [4.69, 9.17) is 11.6 Å². The van der Waals surface area contributed by atoms with Crippen molar-refractivity contribution in [3.63, 3.8) is 0 Å². The fraction of sp³-hybridized carbons (Fsp3) is 0.278. The van der Waals surface area contributed by atoms with Gasteiger partial charge in [0.15, 0.2) is 0 Å². The predicted octanol–water partition coefficient (Wildman–Crippen LogP) is 4.33. The topological polar surface area (TPSA) is 32.3 Å². The fourth-order valence-corrected chi connectivity index (χ4v) is 2.48. The molecular weight excluding hydrogens is 315 g/mol. The maximum Gasteiger partial charge on any atom is 0.225 e. The van der Waals surface area contributed by atoms with Gasteiger partial charge in [0.05, 0.1) is 0 Å². The summed E-state index contributed by atoms with van der Waals surface area (Å²) in [6, 6.07) is 13.6. The van der Waals surface area contributed by atoms with E-state index in [-0.39, 0.29) is 11.7 Å². The van der Waals surface area contributed by atoms with Crippen LogP contribution in [0.5, 0.6) is 0 Å². The van der Waals surface area contributed by atoms with Crippen LogP contribution in [0.15, 0.2) is 48.5 Å². The lowest BCUT2D eigenvalue weighted by Crippen LogP contribution is -2.27. The number of nitrogens with one attached hydrogen (secondary N) is 1. The number of carbonyl (C=O) groups is 1. The Bertz CT molecular complexity index is 663. The first-order valence-corrected chi connectivity index (χ1v) is 7.97. The van der Waals surface area contributed by atoms with Gasteiger partial charge in [0.2, 0.25) is 5.91 Å². The molecule has 0 bridgehead atoms. The lowest BCUT2D eigenvalue weighted by molar-refractivity contribution is -0.116. The molecule has 3 nitrogen and oxygen atoms in total. The normalized spacial score (nSPS) is 10.8. The van der Waals surface area contributed by atoms with Crippen molar-refractivity contribution in [2.24, 2.45) is 0 Å². The maximum absolute atomic E-state index is 13.2. The van der Waals surface area contributed by atoms with Crippen molar-refractivity contribution < 1.29 is 9.18 Å². The van der Waals surface area contributed by atoms with Crippen LogP contribution in [0, 0.1) is 5.82 Å². The Hall–Kier alpha value is -1.91. The molecular formula is C18H20ClFN2O. The number of hydrogen-bond donors (Lipinski definition) is 1. The third-order valence-corrected chi connectivity index (χ3v) is 3.74. The number of nitrogens with zero attached hydrogens (tertiary/aromatic N) is 1. The van der Waals surface area contributed by atoms with Crippen molar-refractivity contribution in [1.82, 2.24) is 4.90 Å². The number of anilines is 1. The zero-order valence-corrected chi connectivity index (χ0v) is 13.8. The lowest BCUT2D eigenvalue weighted by atomic mass is 10.2. The highest BCUT2D eigenvalue weighted by molar-refractivity contribution is 6.30. The number of amides is 1. The smallest absolute Gasteiger partial charge is 0.225 e. The second-order valence-electron chi connectivity index (χ2n) is 5.31. The summed E-state index contributed by atoms with van der Waals surface area (Å²) in [5.41, 5.74) is 1.60. The molecule has 0 atom stereocenters. The van der Waals surface area contributed by atoms with Gasteiger partial charge in [-0.3, -0.25) is 9.69 Å². The van der Waals surface area contributed by atoms with E-state index in [1.54, 1.807) is 30.3 Å². The summed E-state index contributed by atoms with van der Waals surface area (Å²) in [7, 11) is 0. The Balaban J connectivity index is 1.84. The molecule has 0 aliphatic carbocycles. The van der Waals surface area contributed by atoms with Gasteiger partial charge in [0.25, 0.3) is 0 Å². The highest BCUT2D eigenvalue weighted by Gasteiger charge is 2.08. The third-order valence-electron chi connectivity index (χ3n) is 3.51. The van der Waals surface area contributed by atoms with Gasteiger partial charge in [-0.15, -0.1) is 0 Å². The first-order chi connectivity index (χ1) is 11.1. The summed E-state index contributed by atoms with van der Waals surface area (Å²) in [4.78, 5) is 14.1. The highest BCUT2D eigenvalue weighted by Crippen LogP contribution is 2.15. The van der Waals surface area contributed by atoms with Crippen LogP contribution in [0.3, 0.4) is 0 Å². The van der Waals surface area contributed by atoms with Crippen molar-refractivity contribution in [2.75, 3.05) is 18.4 Å². The van der Waals surface area contributed by atoms with Crippen LogP contribution in [0.1, 0.15) is 18.9 Å². The molecule has 1 amide bonds. The fourth-order valence-electron chi connectivity index (χ4n) is 2.29. The summed E-state index contributed by atoms with van der Waals surface area (Å²) < 4.78 is 13.2. The maximum atomic E-state index is 13.2. The number of carbonyl (C=O) groups excluding carboxylic acids is 1. The van der Waals surface area contributed by atoms with Crippen LogP contribution in [-0.2, 0) is 11.3 Å². The second kappa shape index (κ2) is 8.65. The molecule has 2 aromatic carbocycles. The monoisotopic (exact) mass is 334 g/mol. The van der Waals surface area contributed by atoms with Crippen LogP contribution in [0.25, 0.3) is 0 Å². The van der Waals surface area contributed by atoms with E-state index in [1.807, 2.05) is 13.0 Å². The van der Waals surface area contributed by atoms with E-state index < -0.39 is 0 Å². The SMILES string of the molecule is CCN(CCC(=O)Nc1cccc(Cl)c1)Cc1cccc(F)c1. The molecule has 1 N–H and O–H groups in total. The average Bonchev–Trinajstić information content (AvgIpc) is 2.51. The lowest BCUT2D eigenvalue weighted by Gasteiger charge is -2.20. The van der Waals surface area contributed by atoms with Gasteiger partial charge in [-0.1, -0.05) is 36.7 Å². The molecule has 0 unspecified atom stereocenters. The van der Waals surface area contributed by atoms with Crippen molar-refractivity contribution >= 4 is 23.2 Å². The van der Waals surface area contributed by atoms with Crippen LogP contribution in [-0.4, -0.2) is 23.9 Å². The quantitative estimate of drug-likeness (QED) is 0.817. The van der Waals surface area contributed by atoms with E-state index >= 15 is 0 Å². The van der Waals surface area contributed by atoms with Crippen molar-refractivity contribution in [1.29, 1.82) is 0 Å². The molecule has 2 rings (SSSR count). The number of halogens is 2. The number of benzene rings is 2. The molecule has 23 heavy (non-hydrogen) atoms. The van der Waals surface area contributed by atoms with Gasteiger partial charge in [0, 0.05) is 30.2 Å². The van der Waals surface area contributed by atoms with E-state index in [2.05, 4.69) is 10.2 Å². The summed E-state index contributed by atoms with van der Waals surface area (Å²) in [5.74, 6) is -0.304. The molecule has 2 aromatic rings. The molecule has 0 saturated carbocycles. The minimum Gasteiger partial charge on any atom is -0.326 e. The van der Waals surface area contributed by atoms with Crippen molar-refractivity contribution in [2.45, 2.75) is 19.9 Å². The molecule has 0 heterocycles. The van der Waals surface area contributed by atoms with Crippen LogP contribution < -0.4 is 5.32 Å². The van der Waals surface area contributed by atoms with Gasteiger partial charge < -0.3 is 5.32 Å². The highest BCUT2D eigenvalue weighted by atomic mass is 35.5. The Morgan fingerprint density at radius 2 is 2.00 bits per heavy atom. The Labute approximate surface area is 141 Å². The van der Waals surface area contributed by atoms with Crippen LogP contribution >= 0.6 is 11.6 Å². The van der Waals surface area contributed by atoms with Gasteiger partial charge in [-0.25, -0.2) is 4.39 Å². The van der Waals surface area contributed by atoms with E-state index in [1.165, 1.54) is 12.1 Å². The first-order valence-electron chi connectivity index (χ1n) is 7.59. The van der Waals surface area contributed by atoms with Gasteiger partial charge >= 0.3 is 0 Å². The Morgan fingerprint density at radius 1 is 1.22 bits per heavy atom. The van der Waals surface area contributed by atoms with Crippen LogP contribution in [0.4, 0.5) is 10.1 Å². The average molecular weight is 335 g/mol. The molecule has 5 heteroatoms. The molecule has 0 aliphatic heterocycles. The summed E-state index contributed by atoms with van der Waals surface area (Å²) in [6.07, 6.45) is 0.371. The summed E-state index contributed by atoms with van der Waals surface area (Å²) in [5, 5.41) is 3.41. The van der Waals surface area contributed by atoms with E-state index in [0.29, 0.717) is 30.2 Å². The largest absolute Gasteiger partial charge is 0.326 e. The van der Waals surface area contributed by atoms with Crippen molar-refractivity contribution in [3.05, 3.63) is 64.9 Å². The molecule has 0 aromatic heterocycles. The third kappa shape index (κ3) is 6.00. The molecule has 0 saturated heterocycles. The van der Waals surface area contributed by atoms with Crippen LogP contribution in [0.2, 0.25) is 5.02 Å². The van der Waals surface area contributed by atoms with Gasteiger partial charge in [-0.05, 0) is 42.4 Å². The molecule has 0 aliphatic rings. The summed E-state index contributed by atoms with van der Waals surface area (Å²) >= 11 is 5.89. The standard InChI is InChI=1S/C18H20ClFN2O/c1-2-22(13-14-5-3-7-16(20)11-14)10-9-18(23)21-17-8-4-6-15(19)12-17/h3-8,11-12H,2,9-10,13H2,1H3,(H,21,23). The molecule has 0 fully saturated rings. The minimum absolute atomic E-state index is 0.0649. The van der Waals surface area contributed by atoms with Gasteiger partial charge in [-0.2, -0.15) is 0 Å². The minimum atomic E-state index is -0.239. The number of rotatable bonds is 7. The predicted molar refractivity (Wildman–Crippen MR) is 92.0 cm³/mol. The second-order valence-corrected chi connectivity index (χ2v) is 5.74.